The van der Waals surface area contributed by atoms with Gasteiger partial charge in [-0.25, -0.2) is 9.97 Å². The zero-order valence-corrected chi connectivity index (χ0v) is 20.7. The molecule has 0 saturated carbocycles. The lowest BCUT2D eigenvalue weighted by Gasteiger charge is -2.23. The number of hydrogen-bond acceptors (Lipinski definition) is 6. The van der Waals surface area contributed by atoms with Crippen LogP contribution in [0.3, 0.4) is 0 Å². The summed E-state index contributed by atoms with van der Waals surface area (Å²) in [5.74, 6) is 1.34. The number of anilines is 1. The molecule has 4 aromatic rings. The summed E-state index contributed by atoms with van der Waals surface area (Å²) < 4.78 is 49.7. The standard InChI is InChI=1S/C19H22N4O2.C8H6F3NO/c1-23-7-4-14-10-17(2-3-18(14)23)25-19-11-16(21-13-22-19)12-20-15-5-8-24-9-6-15;9-8(10,11)6-2-1-3-7(4-6)12-5-13/h2-4,7,10-11,13,15,20H,5-6,8-9,12H2,1H3;1-5H,(H,12,13). The van der Waals surface area contributed by atoms with E-state index in [4.69, 9.17) is 9.47 Å². The minimum absolute atomic E-state index is 0.129. The number of benzene rings is 2. The first-order valence-corrected chi connectivity index (χ1v) is 12.0. The maximum Gasteiger partial charge on any atom is 0.416 e. The molecule has 8 nitrogen and oxygen atoms in total. The van der Waals surface area contributed by atoms with E-state index < -0.39 is 11.7 Å². The van der Waals surface area contributed by atoms with E-state index in [1.54, 1.807) is 6.33 Å². The van der Waals surface area contributed by atoms with E-state index >= 15 is 0 Å². The fourth-order valence-electron chi connectivity index (χ4n) is 3.98. The number of nitrogens with one attached hydrogen (secondary N) is 2. The van der Waals surface area contributed by atoms with Gasteiger partial charge in [-0.2, -0.15) is 13.2 Å². The molecule has 1 aliphatic rings. The molecule has 0 aliphatic carbocycles. The summed E-state index contributed by atoms with van der Waals surface area (Å²) in [6, 6.07) is 14.9. The van der Waals surface area contributed by atoms with Gasteiger partial charge < -0.3 is 24.7 Å². The van der Waals surface area contributed by atoms with Crippen molar-refractivity contribution in [1.29, 1.82) is 0 Å². The first kappa shape index (κ1) is 27.1. The van der Waals surface area contributed by atoms with Crippen LogP contribution in [-0.2, 0) is 29.3 Å². The third kappa shape index (κ3) is 7.53. The largest absolute Gasteiger partial charge is 0.439 e. The average Bonchev–Trinajstić information content (AvgIpc) is 3.28. The number of fused-ring (bicyclic) bond motifs is 1. The van der Waals surface area contributed by atoms with Gasteiger partial charge in [-0.1, -0.05) is 6.07 Å². The molecule has 2 aromatic carbocycles. The first-order chi connectivity index (χ1) is 18.3. The van der Waals surface area contributed by atoms with Crippen LogP contribution < -0.4 is 15.4 Å². The number of halogens is 3. The van der Waals surface area contributed by atoms with Gasteiger partial charge in [0.25, 0.3) is 0 Å². The van der Waals surface area contributed by atoms with Gasteiger partial charge in [0.15, 0.2) is 0 Å². The van der Waals surface area contributed by atoms with Gasteiger partial charge in [-0.05, 0) is 55.3 Å². The number of nitrogens with zero attached hydrogens (tertiary/aromatic N) is 3. The van der Waals surface area contributed by atoms with Gasteiger partial charge in [-0.3, -0.25) is 4.79 Å². The summed E-state index contributed by atoms with van der Waals surface area (Å²) in [6.07, 6.45) is 1.64. The second kappa shape index (κ2) is 12.5. The normalized spacial score (nSPS) is 14.0. The Morgan fingerprint density at radius 2 is 1.92 bits per heavy atom. The molecule has 1 amide bonds. The van der Waals surface area contributed by atoms with Crippen molar-refractivity contribution in [2.45, 2.75) is 31.6 Å². The molecule has 0 unspecified atom stereocenters. The van der Waals surface area contributed by atoms with Crippen LogP contribution in [0.25, 0.3) is 10.9 Å². The van der Waals surface area contributed by atoms with Crippen molar-refractivity contribution < 1.29 is 27.4 Å². The lowest BCUT2D eigenvalue weighted by Crippen LogP contribution is -2.34. The number of carbonyl (C=O) groups excluding carboxylic acids is 1. The van der Waals surface area contributed by atoms with Crippen LogP contribution in [0.15, 0.2) is 67.1 Å². The lowest BCUT2D eigenvalue weighted by molar-refractivity contribution is -0.137. The third-order valence-electron chi connectivity index (χ3n) is 5.99. The molecule has 0 atom stereocenters. The van der Waals surface area contributed by atoms with E-state index in [1.165, 1.54) is 17.6 Å². The highest BCUT2D eigenvalue weighted by Crippen LogP contribution is 2.30. The second-order valence-corrected chi connectivity index (χ2v) is 8.71. The number of alkyl halides is 3. The Bertz CT molecular complexity index is 1350. The monoisotopic (exact) mass is 527 g/mol. The molecule has 2 N–H and O–H groups in total. The molecule has 0 radical (unpaired) electrons. The first-order valence-electron chi connectivity index (χ1n) is 12.0. The number of carbonyl (C=O) groups is 1. The Morgan fingerprint density at radius 1 is 1.11 bits per heavy atom. The number of amides is 1. The molecule has 0 spiro atoms. The molecule has 38 heavy (non-hydrogen) atoms. The minimum Gasteiger partial charge on any atom is -0.439 e. The summed E-state index contributed by atoms with van der Waals surface area (Å²) in [5, 5.41) is 6.82. The quantitative estimate of drug-likeness (QED) is 0.317. The number of hydrogen-bond donors (Lipinski definition) is 2. The molecule has 1 saturated heterocycles. The van der Waals surface area contributed by atoms with Crippen molar-refractivity contribution in [2.75, 3.05) is 18.5 Å². The molecule has 1 fully saturated rings. The summed E-state index contributed by atoms with van der Waals surface area (Å²) in [6.45, 7) is 2.37. The third-order valence-corrected chi connectivity index (χ3v) is 5.99. The second-order valence-electron chi connectivity index (χ2n) is 8.71. The SMILES string of the molecule is Cn1ccc2cc(Oc3cc(CNC4CCOCC4)ncn3)ccc21.O=CNc1cccc(C(F)(F)F)c1. The topological polar surface area (TPSA) is 90.3 Å². The van der Waals surface area contributed by atoms with Crippen molar-refractivity contribution in [3.8, 4) is 11.6 Å². The molecule has 2 aromatic heterocycles. The van der Waals surface area contributed by atoms with Crippen LogP contribution in [0.4, 0.5) is 18.9 Å². The smallest absolute Gasteiger partial charge is 0.416 e. The molecular formula is C27H28F3N5O3. The van der Waals surface area contributed by atoms with Crippen molar-refractivity contribution in [2.24, 2.45) is 7.05 Å². The zero-order chi connectivity index (χ0) is 27.0. The minimum atomic E-state index is -4.37. The van der Waals surface area contributed by atoms with E-state index in [9.17, 15) is 18.0 Å². The predicted molar refractivity (Wildman–Crippen MR) is 137 cm³/mol. The number of aryl methyl sites for hydroxylation is 1. The van der Waals surface area contributed by atoms with Gasteiger partial charge in [0, 0.05) is 61.7 Å². The van der Waals surface area contributed by atoms with Crippen molar-refractivity contribution in [3.63, 3.8) is 0 Å². The summed E-state index contributed by atoms with van der Waals surface area (Å²) in [5.41, 5.74) is 1.46. The Labute approximate surface area is 217 Å². The molecule has 5 rings (SSSR count). The highest BCUT2D eigenvalue weighted by Gasteiger charge is 2.30. The van der Waals surface area contributed by atoms with Gasteiger partial charge in [0.05, 0.1) is 11.3 Å². The Balaban J connectivity index is 0.000000219. The van der Waals surface area contributed by atoms with Gasteiger partial charge >= 0.3 is 6.18 Å². The maximum atomic E-state index is 12.1. The van der Waals surface area contributed by atoms with E-state index in [1.807, 2.05) is 31.4 Å². The van der Waals surface area contributed by atoms with Gasteiger partial charge in [0.2, 0.25) is 12.3 Å². The van der Waals surface area contributed by atoms with Gasteiger partial charge in [-0.15, -0.1) is 0 Å². The fraction of sp³-hybridized carbons (Fsp3) is 0.296. The van der Waals surface area contributed by atoms with Crippen molar-refractivity contribution >= 4 is 23.0 Å². The molecule has 0 bridgehead atoms. The van der Waals surface area contributed by atoms with Gasteiger partial charge in [0.1, 0.15) is 12.1 Å². The Hall–Kier alpha value is -3.96. The predicted octanol–water partition coefficient (Wildman–Crippen LogP) is 5.30. The molecule has 3 heterocycles. The van der Waals surface area contributed by atoms with Crippen LogP contribution >= 0.6 is 0 Å². The number of ether oxygens (including phenoxy) is 2. The Morgan fingerprint density at radius 3 is 2.68 bits per heavy atom. The van der Waals surface area contributed by atoms with Crippen LogP contribution in [0.2, 0.25) is 0 Å². The molecule has 1 aliphatic heterocycles. The van der Waals surface area contributed by atoms with Crippen molar-refractivity contribution in [1.82, 2.24) is 19.9 Å². The number of rotatable bonds is 7. The fourth-order valence-corrected chi connectivity index (χ4v) is 3.98. The lowest BCUT2D eigenvalue weighted by atomic mass is 10.1. The van der Waals surface area contributed by atoms with Crippen LogP contribution in [-0.4, -0.2) is 40.2 Å². The van der Waals surface area contributed by atoms with Crippen LogP contribution in [0.5, 0.6) is 11.6 Å². The van der Waals surface area contributed by atoms with Crippen molar-refractivity contribution in [3.05, 3.63) is 78.4 Å². The average molecular weight is 528 g/mol. The zero-order valence-electron chi connectivity index (χ0n) is 20.7. The maximum absolute atomic E-state index is 12.1. The Kier molecular flexibility index (Phi) is 8.93. The molecule has 11 heteroatoms. The van der Waals surface area contributed by atoms with E-state index in [0.717, 1.165) is 55.0 Å². The van der Waals surface area contributed by atoms with E-state index in [2.05, 4.69) is 37.3 Å². The summed E-state index contributed by atoms with van der Waals surface area (Å²) in [4.78, 5) is 18.5. The van der Waals surface area contributed by atoms with E-state index in [0.29, 0.717) is 24.9 Å². The highest BCUT2D eigenvalue weighted by molar-refractivity contribution is 5.81. The number of aromatic nitrogens is 3. The summed E-state index contributed by atoms with van der Waals surface area (Å²) >= 11 is 0. The van der Waals surface area contributed by atoms with Crippen LogP contribution in [0, 0.1) is 0 Å². The molecule has 200 valence electrons. The highest BCUT2D eigenvalue weighted by atomic mass is 19.4. The summed E-state index contributed by atoms with van der Waals surface area (Å²) in [7, 11) is 2.03. The van der Waals surface area contributed by atoms with Crippen LogP contribution in [0.1, 0.15) is 24.1 Å². The van der Waals surface area contributed by atoms with E-state index in [-0.39, 0.29) is 5.69 Å². The molecular weight excluding hydrogens is 499 g/mol.